The molecular weight excluding hydrogens is 354 g/mol. The molecule has 0 bridgehead atoms. The minimum Gasteiger partial charge on any atom is -0.370 e. The lowest BCUT2D eigenvalue weighted by molar-refractivity contribution is -0.909. The van der Waals surface area contributed by atoms with E-state index in [1.807, 2.05) is 24.3 Å². The number of hydrogen-bond donors (Lipinski definition) is 2. The van der Waals surface area contributed by atoms with Gasteiger partial charge in [0.2, 0.25) is 5.91 Å². The molecular formula is C22H26N3O3+. The lowest BCUT2D eigenvalue weighted by atomic mass is 10.0. The van der Waals surface area contributed by atoms with E-state index in [0.29, 0.717) is 11.3 Å². The molecule has 1 aliphatic heterocycles. The van der Waals surface area contributed by atoms with E-state index in [-0.39, 0.29) is 18.4 Å². The number of fused-ring (bicyclic) bond motifs is 1. The average Bonchev–Trinajstić information content (AvgIpc) is 3.12. The van der Waals surface area contributed by atoms with Crippen LogP contribution in [-0.2, 0) is 16.0 Å². The summed E-state index contributed by atoms with van der Waals surface area (Å²) in [7, 11) is 0. The van der Waals surface area contributed by atoms with Crippen LogP contribution in [0, 0.1) is 6.92 Å². The van der Waals surface area contributed by atoms with Gasteiger partial charge in [-0.3, -0.25) is 4.79 Å². The van der Waals surface area contributed by atoms with Crippen LogP contribution in [0.1, 0.15) is 22.9 Å². The van der Waals surface area contributed by atoms with Gasteiger partial charge < -0.3 is 19.5 Å². The van der Waals surface area contributed by atoms with Crippen LogP contribution >= 0.6 is 0 Å². The molecule has 1 saturated heterocycles. The van der Waals surface area contributed by atoms with Crippen molar-refractivity contribution in [1.29, 1.82) is 0 Å². The summed E-state index contributed by atoms with van der Waals surface area (Å²) in [4.78, 5) is 14.3. The van der Waals surface area contributed by atoms with Gasteiger partial charge in [0, 0.05) is 5.39 Å². The monoisotopic (exact) mass is 380 g/mol. The second kappa shape index (κ2) is 8.54. The second-order valence-corrected chi connectivity index (χ2v) is 7.40. The number of ether oxygens (including phenoxy) is 1. The van der Waals surface area contributed by atoms with Crippen molar-refractivity contribution >= 4 is 16.9 Å². The Bertz CT molecular complexity index is 930. The SMILES string of the molecule is Cc1ccc([C@@H](C[NH+]2CCOCC2)NC(=O)Cc2noc3ccccc23)cc1. The van der Waals surface area contributed by atoms with Gasteiger partial charge in [0.25, 0.3) is 0 Å². The molecule has 2 heterocycles. The Labute approximate surface area is 164 Å². The maximum atomic E-state index is 12.8. The number of quaternary nitrogens is 1. The zero-order valence-corrected chi connectivity index (χ0v) is 16.1. The molecule has 3 aromatic rings. The van der Waals surface area contributed by atoms with E-state index in [1.54, 1.807) is 0 Å². The molecule has 1 atom stereocenters. The van der Waals surface area contributed by atoms with Crippen molar-refractivity contribution < 1.29 is 19.0 Å². The van der Waals surface area contributed by atoms with Crippen LogP contribution in [0.5, 0.6) is 0 Å². The highest BCUT2D eigenvalue weighted by Gasteiger charge is 2.23. The number of carbonyl (C=O) groups is 1. The largest absolute Gasteiger partial charge is 0.370 e. The maximum Gasteiger partial charge on any atom is 0.226 e. The predicted octanol–water partition coefficient (Wildman–Crippen LogP) is 1.45. The number of morpholine rings is 1. The third-order valence-corrected chi connectivity index (χ3v) is 5.29. The Morgan fingerprint density at radius 2 is 1.89 bits per heavy atom. The molecule has 146 valence electrons. The van der Waals surface area contributed by atoms with E-state index in [9.17, 15) is 4.79 Å². The van der Waals surface area contributed by atoms with E-state index in [2.05, 4.69) is 41.7 Å². The first-order valence-corrected chi connectivity index (χ1v) is 9.79. The van der Waals surface area contributed by atoms with Gasteiger partial charge >= 0.3 is 0 Å². The number of para-hydroxylation sites is 1. The third-order valence-electron chi connectivity index (χ3n) is 5.29. The average molecular weight is 380 g/mol. The Hall–Kier alpha value is -2.70. The summed E-state index contributed by atoms with van der Waals surface area (Å²) in [6.45, 7) is 6.39. The molecule has 2 aromatic carbocycles. The zero-order chi connectivity index (χ0) is 19.3. The number of amides is 1. The molecule has 0 saturated carbocycles. The standard InChI is InChI=1S/C22H25N3O3/c1-16-6-8-17(9-7-16)20(15-25-10-12-27-13-11-25)23-22(26)14-19-18-4-2-3-5-21(18)28-24-19/h2-9,20H,10-15H2,1H3,(H,23,26)/p+1/t20-/m1/s1. The number of rotatable bonds is 6. The summed E-state index contributed by atoms with van der Waals surface area (Å²) < 4.78 is 10.8. The second-order valence-electron chi connectivity index (χ2n) is 7.40. The molecule has 1 aromatic heterocycles. The molecule has 1 amide bonds. The number of hydrogen-bond acceptors (Lipinski definition) is 4. The van der Waals surface area contributed by atoms with Crippen LogP contribution < -0.4 is 10.2 Å². The highest BCUT2D eigenvalue weighted by molar-refractivity contribution is 5.86. The van der Waals surface area contributed by atoms with Crippen molar-refractivity contribution in [2.75, 3.05) is 32.8 Å². The minimum atomic E-state index is -0.0442. The van der Waals surface area contributed by atoms with E-state index >= 15 is 0 Å². The molecule has 0 radical (unpaired) electrons. The Kier molecular flexibility index (Phi) is 5.69. The third kappa shape index (κ3) is 4.40. The van der Waals surface area contributed by atoms with E-state index in [1.165, 1.54) is 10.5 Å². The van der Waals surface area contributed by atoms with Gasteiger partial charge in [0.1, 0.15) is 31.4 Å². The molecule has 4 rings (SSSR count). The molecule has 1 aliphatic rings. The van der Waals surface area contributed by atoms with Gasteiger partial charge in [0.05, 0.1) is 19.6 Å². The molecule has 2 N–H and O–H groups in total. The quantitative estimate of drug-likeness (QED) is 0.679. The highest BCUT2D eigenvalue weighted by atomic mass is 16.5. The highest BCUT2D eigenvalue weighted by Crippen LogP contribution is 2.19. The molecule has 0 unspecified atom stereocenters. The molecule has 1 fully saturated rings. The van der Waals surface area contributed by atoms with Crippen molar-refractivity contribution in [3.8, 4) is 0 Å². The fourth-order valence-electron chi connectivity index (χ4n) is 3.67. The smallest absolute Gasteiger partial charge is 0.226 e. The molecule has 6 heteroatoms. The van der Waals surface area contributed by atoms with Crippen molar-refractivity contribution in [3.05, 3.63) is 65.4 Å². The van der Waals surface area contributed by atoms with E-state index < -0.39 is 0 Å². The Morgan fingerprint density at radius 3 is 2.68 bits per heavy atom. The predicted molar refractivity (Wildman–Crippen MR) is 106 cm³/mol. The molecule has 0 aliphatic carbocycles. The summed E-state index contributed by atoms with van der Waals surface area (Å²) in [5.41, 5.74) is 3.72. The first kappa shape index (κ1) is 18.7. The summed E-state index contributed by atoms with van der Waals surface area (Å²) in [5.74, 6) is -0.0442. The van der Waals surface area contributed by atoms with Crippen molar-refractivity contribution in [1.82, 2.24) is 10.5 Å². The van der Waals surface area contributed by atoms with Gasteiger partial charge in [-0.05, 0) is 24.6 Å². The van der Waals surface area contributed by atoms with E-state index in [0.717, 1.165) is 43.8 Å². The number of carbonyl (C=O) groups excluding carboxylic acids is 1. The van der Waals surface area contributed by atoms with Gasteiger partial charge in [-0.15, -0.1) is 0 Å². The minimum absolute atomic E-state index is 0.0423. The molecule has 0 spiro atoms. The number of aromatic nitrogens is 1. The fourth-order valence-corrected chi connectivity index (χ4v) is 3.67. The summed E-state index contributed by atoms with van der Waals surface area (Å²) >= 11 is 0. The first-order valence-electron chi connectivity index (χ1n) is 9.79. The van der Waals surface area contributed by atoms with Crippen molar-refractivity contribution in [2.24, 2.45) is 0 Å². The Morgan fingerprint density at radius 1 is 1.14 bits per heavy atom. The van der Waals surface area contributed by atoms with Crippen LogP contribution in [0.15, 0.2) is 53.1 Å². The van der Waals surface area contributed by atoms with Crippen molar-refractivity contribution in [2.45, 2.75) is 19.4 Å². The summed E-state index contributed by atoms with van der Waals surface area (Å²) in [6, 6.07) is 16.0. The first-order chi connectivity index (χ1) is 13.7. The zero-order valence-electron chi connectivity index (χ0n) is 16.1. The number of nitrogens with one attached hydrogen (secondary N) is 2. The van der Waals surface area contributed by atoms with Gasteiger partial charge in [-0.2, -0.15) is 0 Å². The van der Waals surface area contributed by atoms with Crippen LogP contribution in [0.4, 0.5) is 0 Å². The molecule has 6 nitrogen and oxygen atoms in total. The van der Waals surface area contributed by atoms with Crippen LogP contribution in [-0.4, -0.2) is 43.9 Å². The van der Waals surface area contributed by atoms with Crippen molar-refractivity contribution in [3.63, 3.8) is 0 Å². The summed E-state index contributed by atoms with van der Waals surface area (Å²) in [6.07, 6.45) is 0.206. The van der Waals surface area contributed by atoms with Gasteiger partial charge in [0.15, 0.2) is 5.58 Å². The van der Waals surface area contributed by atoms with Gasteiger partial charge in [-0.1, -0.05) is 47.1 Å². The lowest BCUT2D eigenvalue weighted by Crippen LogP contribution is -3.14. The van der Waals surface area contributed by atoms with Gasteiger partial charge in [-0.25, -0.2) is 0 Å². The van der Waals surface area contributed by atoms with E-state index in [4.69, 9.17) is 9.26 Å². The van der Waals surface area contributed by atoms with Crippen LogP contribution in [0.2, 0.25) is 0 Å². The summed E-state index contributed by atoms with van der Waals surface area (Å²) in [5, 5.41) is 8.20. The number of aryl methyl sites for hydroxylation is 1. The number of nitrogens with zero attached hydrogens (tertiary/aromatic N) is 1. The lowest BCUT2D eigenvalue weighted by Gasteiger charge is -2.28. The topological polar surface area (TPSA) is 68.8 Å². The number of benzene rings is 2. The maximum absolute atomic E-state index is 12.8. The normalized spacial score (nSPS) is 16.2. The van der Waals surface area contributed by atoms with Crippen LogP contribution in [0.3, 0.4) is 0 Å². The molecule has 28 heavy (non-hydrogen) atoms. The fraction of sp³-hybridized carbons (Fsp3) is 0.364. The Balaban J connectivity index is 1.49. The van der Waals surface area contributed by atoms with Crippen LogP contribution in [0.25, 0.3) is 11.0 Å².